The maximum absolute atomic E-state index is 14.0. The molecule has 1 saturated heterocycles. The molecule has 0 aromatic heterocycles. The maximum Gasteiger partial charge on any atom is 0.254 e. The van der Waals surface area contributed by atoms with Gasteiger partial charge in [-0.3, -0.25) is 9.59 Å². The van der Waals surface area contributed by atoms with Gasteiger partial charge in [-0.1, -0.05) is 59.6 Å². The van der Waals surface area contributed by atoms with Gasteiger partial charge < -0.3 is 21.1 Å². The molecule has 6 nitrogen and oxygen atoms in total. The minimum Gasteiger partial charge on any atom is -0.392 e. The number of nitrogens with zero attached hydrogens (tertiary/aromatic N) is 1. The fraction of sp³-hybridized carbons (Fsp3) is 0.310. The summed E-state index contributed by atoms with van der Waals surface area (Å²) < 4.78 is 0. The van der Waals surface area contributed by atoms with E-state index < -0.39 is 17.9 Å². The van der Waals surface area contributed by atoms with Gasteiger partial charge in [0.05, 0.1) is 18.6 Å². The van der Waals surface area contributed by atoms with Crippen LogP contribution in [-0.2, 0) is 11.4 Å². The van der Waals surface area contributed by atoms with Crippen molar-refractivity contribution >= 4 is 35.0 Å². The zero-order valence-electron chi connectivity index (χ0n) is 20.3. The lowest BCUT2D eigenvalue weighted by molar-refractivity contribution is -0.121. The number of benzene rings is 3. The monoisotopic (exact) mass is 537 g/mol. The van der Waals surface area contributed by atoms with Gasteiger partial charge in [-0.15, -0.1) is 0 Å². The quantitative estimate of drug-likeness (QED) is 0.415. The molecular weight excluding hydrogens is 509 g/mol. The molecular formula is C29H29Cl2N3O3. The standard InChI is InChI=1S/C29H29Cl2N3O3/c30-20-6-8-23(25(31)14-20)27-26(28(32)36)24-13-18(21-4-2-1-3-19(21)16-35)5-7-22(24)29(37)34(27)15-17-9-11-33-12-10-17/h1-8,13-14,17,26-27,33,35H,9-12,15-16H2,(H2,32,36)/t26-,27+/m1/s1. The molecule has 2 heterocycles. The molecule has 0 bridgehead atoms. The van der Waals surface area contributed by atoms with Crippen LogP contribution in [-0.4, -0.2) is 41.5 Å². The summed E-state index contributed by atoms with van der Waals surface area (Å²) >= 11 is 12.9. The summed E-state index contributed by atoms with van der Waals surface area (Å²) in [6, 6.07) is 17.5. The van der Waals surface area contributed by atoms with Crippen molar-refractivity contribution in [3.8, 4) is 11.1 Å². The number of piperidine rings is 1. The first-order chi connectivity index (χ1) is 17.9. The van der Waals surface area contributed by atoms with E-state index in [2.05, 4.69) is 5.32 Å². The molecule has 0 aliphatic carbocycles. The lowest BCUT2D eigenvalue weighted by Gasteiger charge is -2.43. The topological polar surface area (TPSA) is 95.7 Å². The fourth-order valence-corrected chi connectivity index (χ4v) is 6.21. The molecule has 0 radical (unpaired) electrons. The van der Waals surface area contributed by atoms with Gasteiger partial charge in [-0.2, -0.15) is 0 Å². The van der Waals surface area contributed by atoms with Crippen molar-refractivity contribution in [1.29, 1.82) is 0 Å². The number of nitrogens with one attached hydrogen (secondary N) is 1. The maximum atomic E-state index is 14.0. The number of carbonyl (C=O) groups is 2. The van der Waals surface area contributed by atoms with Crippen LogP contribution >= 0.6 is 23.2 Å². The van der Waals surface area contributed by atoms with Gasteiger partial charge in [0.25, 0.3) is 5.91 Å². The van der Waals surface area contributed by atoms with Gasteiger partial charge in [0.2, 0.25) is 5.91 Å². The van der Waals surface area contributed by atoms with Gasteiger partial charge in [0.15, 0.2) is 0 Å². The molecule has 2 amide bonds. The highest BCUT2D eigenvalue weighted by molar-refractivity contribution is 6.35. The second-order valence-electron chi connectivity index (χ2n) is 9.76. The summed E-state index contributed by atoms with van der Waals surface area (Å²) in [5.41, 5.74) is 10.1. The van der Waals surface area contributed by atoms with E-state index in [0.29, 0.717) is 39.2 Å². The van der Waals surface area contributed by atoms with E-state index in [4.69, 9.17) is 28.9 Å². The zero-order valence-corrected chi connectivity index (χ0v) is 21.8. The van der Waals surface area contributed by atoms with Crippen LogP contribution < -0.4 is 11.1 Å². The van der Waals surface area contributed by atoms with Crippen LogP contribution in [0.2, 0.25) is 10.0 Å². The molecule has 2 aliphatic heterocycles. The van der Waals surface area contributed by atoms with Gasteiger partial charge >= 0.3 is 0 Å². The number of hydrogen-bond acceptors (Lipinski definition) is 4. The molecule has 3 aromatic rings. The van der Waals surface area contributed by atoms with Crippen LogP contribution in [0.25, 0.3) is 11.1 Å². The van der Waals surface area contributed by atoms with E-state index in [1.807, 2.05) is 36.4 Å². The average Bonchev–Trinajstić information content (AvgIpc) is 2.90. The summed E-state index contributed by atoms with van der Waals surface area (Å²) in [7, 11) is 0. The van der Waals surface area contributed by atoms with Crippen LogP contribution in [0.1, 0.15) is 51.8 Å². The first kappa shape index (κ1) is 25.7. The van der Waals surface area contributed by atoms with Crippen molar-refractivity contribution in [1.82, 2.24) is 10.2 Å². The Bertz CT molecular complexity index is 1340. The fourth-order valence-electron chi connectivity index (χ4n) is 5.69. The van der Waals surface area contributed by atoms with Crippen LogP contribution in [0.5, 0.6) is 0 Å². The molecule has 0 saturated carbocycles. The Hall–Kier alpha value is -2.90. The third-order valence-corrected chi connectivity index (χ3v) is 8.09. The molecule has 0 spiro atoms. The summed E-state index contributed by atoms with van der Waals surface area (Å²) in [6.45, 7) is 2.16. The molecule has 4 N–H and O–H groups in total. The van der Waals surface area contributed by atoms with E-state index >= 15 is 0 Å². The lowest BCUT2D eigenvalue weighted by Crippen LogP contribution is -2.49. The SMILES string of the molecule is NC(=O)[C@@H]1c2cc(-c3ccccc3CO)ccc2C(=O)N(CC2CCNCC2)[C@H]1c1ccc(Cl)cc1Cl. The van der Waals surface area contributed by atoms with Crippen LogP contribution in [0.3, 0.4) is 0 Å². The van der Waals surface area contributed by atoms with E-state index in [-0.39, 0.29) is 12.5 Å². The number of fused-ring (bicyclic) bond motifs is 1. The number of amides is 2. The molecule has 8 heteroatoms. The molecule has 0 unspecified atom stereocenters. The minimum atomic E-state index is -0.811. The highest BCUT2D eigenvalue weighted by Crippen LogP contribution is 2.46. The van der Waals surface area contributed by atoms with Gasteiger partial charge in [0.1, 0.15) is 0 Å². The highest BCUT2D eigenvalue weighted by Gasteiger charge is 2.45. The summed E-state index contributed by atoms with van der Waals surface area (Å²) in [4.78, 5) is 29.0. The first-order valence-corrected chi connectivity index (χ1v) is 13.2. The van der Waals surface area contributed by atoms with Crippen LogP contribution in [0.4, 0.5) is 0 Å². The Morgan fingerprint density at radius 3 is 2.46 bits per heavy atom. The van der Waals surface area contributed by atoms with E-state index in [1.165, 1.54) is 0 Å². The van der Waals surface area contributed by atoms with Gasteiger partial charge in [0, 0.05) is 22.2 Å². The molecule has 2 atom stereocenters. The summed E-state index contributed by atoms with van der Waals surface area (Å²) in [6.07, 6.45) is 1.88. The number of hydrogen-bond donors (Lipinski definition) is 3. The van der Waals surface area contributed by atoms with Crippen LogP contribution in [0.15, 0.2) is 60.7 Å². The van der Waals surface area contributed by atoms with Crippen LogP contribution in [0, 0.1) is 5.92 Å². The lowest BCUT2D eigenvalue weighted by atomic mass is 9.77. The van der Waals surface area contributed by atoms with Gasteiger partial charge in [-0.05, 0) is 83.9 Å². The number of carbonyl (C=O) groups excluding carboxylic acids is 2. The molecule has 1 fully saturated rings. The number of nitrogens with two attached hydrogens (primary N) is 1. The Morgan fingerprint density at radius 1 is 1.00 bits per heavy atom. The molecule has 2 aliphatic rings. The Morgan fingerprint density at radius 2 is 1.76 bits per heavy atom. The van der Waals surface area contributed by atoms with Crippen molar-refractivity contribution in [3.05, 3.63) is 93.0 Å². The third-order valence-electron chi connectivity index (χ3n) is 7.53. The predicted molar refractivity (Wildman–Crippen MR) is 146 cm³/mol. The minimum absolute atomic E-state index is 0.127. The number of primary amides is 1. The summed E-state index contributed by atoms with van der Waals surface area (Å²) in [5.74, 6) is -1.20. The number of aliphatic hydroxyl groups excluding tert-OH is 1. The number of halogens is 2. The Kier molecular flexibility index (Phi) is 7.54. The average molecular weight is 538 g/mol. The predicted octanol–water partition coefficient (Wildman–Crippen LogP) is 4.92. The number of rotatable bonds is 6. The van der Waals surface area contributed by atoms with E-state index in [1.54, 1.807) is 29.2 Å². The largest absolute Gasteiger partial charge is 0.392 e. The normalized spacial score (nSPS) is 20.1. The Labute approximate surface area is 226 Å². The molecule has 5 rings (SSSR count). The summed E-state index contributed by atoms with van der Waals surface area (Å²) in [5, 5.41) is 14.1. The van der Waals surface area contributed by atoms with E-state index in [0.717, 1.165) is 42.6 Å². The molecule has 192 valence electrons. The smallest absolute Gasteiger partial charge is 0.254 e. The second kappa shape index (κ2) is 10.8. The van der Waals surface area contributed by atoms with Crippen molar-refractivity contribution in [2.24, 2.45) is 11.7 Å². The van der Waals surface area contributed by atoms with Crippen molar-refractivity contribution < 1.29 is 14.7 Å². The Balaban J connectivity index is 1.68. The van der Waals surface area contributed by atoms with Crippen molar-refractivity contribution in [2.75, 3.05) is 19.6 Å². The highest BCUT2D eigenvalue weighted by atomic mass is 35.5. The molecule has 37 heavy (non-hydrogen) atoms. The van der Waals surface area contributed by atoms with Crippen molar-refractivity contribution in [2.45, 2.75) is 31.4 Å². The number of aliphatic hydroxyl groups is 1. The first-order valence-electron chi connectivity index (χ1n) is 12.5. The van der Waals surface area contributed by atoms with Gasteiger partial charge in [-0.25, -0.2) is 0 Å². The zero-order chi connectivity index (χ0) is 26.1. The van der Waals surface area contributed by atoms with Crippen molar-refractivity contribution in [3.63, 3.8) is 0 Å². The third kappa shape index (κ3) is 4.99. The second-order valence-corrected chi connectivity index (χ2v) is 10.6. The molecule has 3 aromatic carbocycles. The van der Waals surface area contributed by atoms with E-state index in [9.17, 15) is 14.7 Å².